The third kappa shape index (κ3) is 3.72. The summed E-state index contributed by atoms with van der Waals surface area (Å²) in [5.41, 5.74) is 2.15. The van der Waals surface area contributed by atoms with E-state index in [0.717, 1.165) is 35.9 Å². The molecule has 0 spiro atoms. The molecule has 96 valence electrons. The zero-order valence-electron chi connectivity index (χ0n) is 10.4. The first-order chi connectivity index (χ1) is 8.79. The molecule has 1 heterocycles. The van der Waals surface area contributed by atoms with Crippen molar-refractivity contribution in [3.63, 3.8) is 0 Å². The van der Waals surface area contributed by atoms with Crippen molar-refractivity contribution in [1.29, 1.82) is 0 Å². The SMILES string of the molecule is Cc1ccccc1OCCCc1nc(CCl)cs1. The number of thiazole rings is 1. The zero-order valence-corrected chi connectivity index (χ0v) is 11.9. The molecule has 0 aliphatic rings. The number of benzene rings is 1. The monoisotopic (exact) mass is 281 g/mol. The van der Waals surface area contributed by atoms with E-state index in [4.69, 9.17) is 16.3 Å². The number of halogens is 1. The number of hydrogen-bond acceptors (Lipinski definition) is 3. The van der Waals surface area contributed by atoms with Crippen molar-refractivity contribution in [2.75, 3.05) is 6.61 Å². The van der Waals surface area contributed by atoms with E-state index in [1.54, 1.807) is 11.3 Å². The fourth-order valence-corrected chi connectivity index (χ4v) is 2.72. The molecule has 0 atom stereocenters. The second kappa shape index (κ2) is 6.76. The molecule has 2 aromatic rings. The van der Waals surface area contributed by atoms with Crippen LogP contribution in [0.4, 0.5) is 0 Å². The molecular weight excluding hydrogens is 266 g/mol. The third-order valence-corrected chi connectivity index (χ3v) is 3.85. The summed E-state index contributed by atoms with van der Waals surface area (Å²) >= 11 is 7.39. The van der Waals surface area contributed by atoms with Gasteiger partial charge in [-0.3, -0.25) is 0 Å². The van der Waals surface area contributed by atoms with Crippen molar-refractivity contribution in [3.05, 3.63) is 45.9 Å². The van der Waals surface area contributed by atoms with E-state index in [0.29, 0.717) is 5.88 Å². The van der Waals surface area contributed by atoms with Gasteiger partial charge in [-0.05, 0) is 25.0 Å². The van der Waals surface area contributed by atoms with Crippen LogP contribution in [0.2, 0.25) is 0 Å². The lowest BCUT2D eigenvalue weighted by Crippen LogP contribution is -2.00. The predicted octanol–water partition coefficient (Wildman–Crippen LogP) is 4.20. The molecule has 0 aliphatic carbocycles. The number of ether oxygens (including phenoxy) is 1. The van der Waals surface area contributed by atoms with Crippen LogP contribution in [0.3, 0.4) is 0 Å². The summed E-state index contributed by atoms with van der Waals surface area (Å²) in [5.74, 6) is 1.47. The average molecular weight is 282 g/mol. The molecule has 0 unspecified atom stereocenters. The van der Waals surface area contributed by atoms with Gasteiger partial charge in [0, 0.05) is 11.8 Å². The molecule has 0 amide bonds. The van der Waals surface area contributed by atoms with Gasteiger partial charge in [0.25, 0.3) is 0 Å². The van der Waals surface area contributed by atoms with Gasteiger partial charge in [-0.2, -0.15) is 0 Å². The summed E-state index contributed by atoms with van der Waals surface area (Å²) < 4.78 is 5.74. The highest BCUT2D eigenvalue weighted by Crippen LogP contribution is 2.17. The highest BCUT2D eigenvalue weighted by molar-refractivity contribution is 7.09. The lowest BCUT2D eigenvalue weighted by molar-refractivity contribution is 0.309. The van der Waals surface area contributed by atoms with Crippen LogP contribution in [-0.4, -0.2) is 11.6 Å². The first-order valence-corrected chi connectivity index (χ1v) is 7.38. The topological polar surface area (TPSA) is 22.1 Å². The van der Waals surface area contributed by atoms with Gasteiger partial charge < -0.3 is 4.74 Å². The van der Waals surface area contributed by atoms with Gasteiger partial charge in [-0.1, -0.05) is 18.2 Å². The first-order valence-electron chi connectivity index (χ1n) is 5.97. The standard InChI is InChI=1S/C14H16ClNOS/c1-11-5-2-3-6-13(11)17-8-4-7-14-16-12(9-15)10-18-14/h2-3,5-6,10H,4,7-9H2,1H3. The average Bonchev–Trinajstić information content (AvgIpc) is 2.84. The fourth-order valence-electron chi connectivity index (χ4n) is 1.65. The molecule has 0 N–H and O–H groups in total. The normalized spacial score (nSPS) is 10.6. The van der Waals surface area contributed by atoms with E-state index in [9.17, 15) is 0 Å². The Bertz CT molecular complexity index is 498. The van der Waals surface area contributed by atoms with Gasteiger partial charge in [0.2, 0.25) is 0 Å². The Labute approximate surface area is 117 Å². The molecule has 1 aromatic carbocycles. The Morgan fingerprint density at radius 1 is 1.33 bits per heavy atom. The highest BCUT2D eigenvalue weighted by atomic mass is 35.5. The van der Waals surface area contributed by atoms with Gasteiger partial charge in [0.15, 0.2) is 0 Å². The van der Waals surface area contributed by atoms with Gasteiger partial charge in [-0.15, -0.1) is 22.9 Å². The van der Waals surface area contributed by atoms with E-state index in [1.807, 2.05) is 23.6 Å². The Morgan fingerprint density at radius 3 is 2.89 bits per heavy atom. The second-order valence-corrected chi connectivity index (χ2v) is 5.29. The molecule has 18 heavy (non-hydrogen) atoms. The molecule has 1 aromatic heterocycles. The van der Waals surface area contributed by atoms with Crippen LogP contribution in [0.15, 0.2) is 29.6 Å². The maximum atomic E-state index is 5.74. The van der Waals surface area contributed by atoms with Crippen molar-refractivity contribution in [2.24, 2.45) is 0 Å². The molecular formula is C14H16ClNOS. The van der Waals surface area contributed by atoms with E-state index in [1.165, 1.54) is 5.56 Å². The number of alkyl halides is 1. The maximum Gasteiger partial charge on any atom is 0.122 e. The van der Waals surface area contributed by atoms with Gasteiger partial charge in [0.1, 0.15) is 5.75 Å². The Kier molecular flexibility index (Phi) is 5.02. The minimum absolute atomic E-state index is 0.496. The summed E-state index contributed by atoms with van der Waals surface area (Å²) in [6.07, 6.45) is 1.93. The van der Waals surface area contributed by atoms with Crippen LogP contribution in [0.5, 0.6) is 5.75 Å². The highest BCUT2D eigenvalue weighted by Gasteiger charge is 2.02. The van der Waals surface area contributed by atoms with Crippen molar-refractivity contribution < 1.29 is 4.74 Å². The van der Waals surface area contributed by atoms with Crippen LogP contribution in [0.1, 0.15) is 22.7 Å². The van der Waals surface area contributed by atoms with E-state index >= 15 is 0 Å². The van der Waals surface area contributed by atoms with Crippen LogP contribution >= 0.6 is 22.9 Å². The molecule has 0 radical (unpaired) electrons. The number of rotatable bonds is 6. The summed E-state index contributed by atoms with van der Waals surface area (Å²) in [6.45, 7) is 2.78. The van der Waals surface area contributed by atoms with Gasteiger partial charge in [-0.25, -0.2) is 4.98 Å². The summed E-state index contributed by atoms with van der Waals surface area (Å²) in [5, 5.41) is 3.16. The molecule has 0 saturated carbocycles. The molecule has 2 rings (SSSR count). The van der Waals surface area contributed by atoms with Crippen molar-refractivity contribution in [2.45, 2.75) is 25.6 Å². The smallest absolute Gasteiger partial charge is 0.122 e. The molecule has 0 aliphatic heterocycles. The Morgan fingerprint density at radius 2 is 2.17 bits per heavy atom. The Hall–Kier alpha value is -1.06. The van der Waals surface area contributed by atoms with E-state index in [-0.39, 0.29) is 0 Å². The minimum atomic E-state index is 0.496. The van der Waals surface area contributed by atoms with Crippen molar-refractivity contribution >= 4 is 22.9 Å². The number of para-hydroxylation sites is 1. The number of hydrogen-bond donors (Lipinski definition) is 0. The zero-order chi connectivity index (χ0) is 12.8. The van der Waals surface area contributed by atoms with Crippen molar-refractivity contribution in [1.82, 2.24) is 4.98 Å². The molecule has 0 fully saturated rings. The number of aromatic nitrogens is 1. The minimum Gasteiger partial charge on any atom is -0.493 e. The number of aryl methyl sites for hydroxylation is 2. The van der Waals surface area contributed by atoms with Crippen molar-refractivity contribution in [3.8, 4) is 5.75 Å². The summed E-state index contributed by atoms with van der Waals surface area (Å²) in [4.78, 5) is 4.42. The quantitative estimate of drug-likeness (QED) is 0.585. The lowest BCUT2D eigenvalue weighted by atomic mass is 10.2. The fraction of sp³-hybridized carbons (Fsp3) is 0.357. The number of nitrogens with zero attached hydrogens (tertiary/aromatic N) is 1. The van der Waals surface area contributed by atoms with Crippen LogP contribution < -0.4 is 4.74 Å². The van der Waals surface area contributed by atoms with Crippen LogP contribution in [0, 0.1) is 6.92 Å². The molecule has 0 saturated heterocycles. The second-order valence-electron chi connectivity index (χ2n) is 4.08. The molecule has 2 nitrogen and oxygen atoms in total. The summed E-state index contributed by atoms with van der Waals surface area (Å²) in [7, 11) is 0. The lowest BCUT2D eigenvalue weighted by Gasteiger charge is -2.07. The van der Waals surface area contributed by atoms with Gasteiger partial charge in [0.05, 0.1) is 23.2 Å². The molecule has 4 heteroatoms. The van der Waals surface area contributed by atoms with E-state index < -0.39 is 0 Å². The van der Waals surface area contributed by atoms with Crippen LogP contribution in [-0.2, 0) is 12.3 Å². The maximum absolute atomic E-state index is 5.74. The first kappa shape index (κ1) is 13.4. The van der Waals surface area contributed by atoms with Gasteiger partial charge >= 0.3 is 0 Å². The van der Waals surface area contributed by atoms with Crippen LogP contribution in [0.25, 0.3) is 0 Å². The largest absolute Gasteiger partial charge is 0.493 e. The Balaban J connectivity index is 1.74. The third-order valence-electron chi connectivity index (χ3n) is 2.62. The van der Waals surface area contributed by atoms with E-state index in [2.05, 4.69) is 18.0 Å². The summed E-state index contributed by atoms with van der Waals surface area (Å²) in [6, 6.07) is 8.08. The molecule has 0 bridgehead atoms. The predicted molar refractivity (Wildman–Crippen MR) is 76.7 cm³/mol.